The van der Waals surface area contributed by atoms with Gasteiger partial charge < -0.3 is 10.2 Å². The summed E-state index contributed by atoms with van der Waals surface area (Å²) < 4.78 is 0. The standard InChI is InChI=1S/C23H31N3O/c1-18-5-4-6-20(15-18)17-26-13-11-21(12-14-26)23(27)24-16-19-7-9-22(10-8-19)25(2)3/h4-10,15,21H,11-14,16-17H2,1-3H3,(H,24,27). The number of nitrogens with one attached hydrogen (secondary N) is 1. The van der Waals surface area contributed by atoms with E-state index < -0.39 is 0 Å². The van der Waals surface area contributed by atoms with Gasteiger partial charge in [0.1, 0.15) is 0 Å². The molecule has 2 aromatic carbocycles. The number of hydrogen-bond donors (Lipinski definition) is 1. The number of benzene rings is 2. The van der Waals surface area contributed by atoms with Gasteiger partial charge in [0.15, 0.2) is 0 Å². The molecule has 0 saturated carbocycles. The second-order valence-corrected chi connectivity index (χ2v) is 7.82. The zero-order chi connectivity index (χ0) is 19.2. The fourth-order valence-corrected chi connectivity index (χ4v) is 3.67. The lowest BCUT2D eigenvalue weighted by molar-refractivity contribution is -0.126. The zero-order valence-corrected chi connectivity index (χ0v) is 16.7. The van der Waals surface area contributed by atoms with E-state index in [2.05, 4.69) is 70.6 Å². The lowest BCUT2D eigenvalue weighted by Crippen LogP contribution is -2.40. The molecule has 2 aromatic rings. The van der Waals surface area contributed by atoms with Gasteiger partial charge in [0.25, 0.3) is 0 Å². The molecule has 0 aromatic heterocycles. The number of carbonyl (C=O) groups excluding carboxylic acids is 1. The van der Waals surface area contributed by atoms with Gasteiger partial charge in [0.05, 0.1) is 0 Å². The monoisotopic (exact) mass is 365 g/mol. The highest BCUT2D eigenvalue weighted by molar-refractivity contribution is 5.78. The molecule has 0 radical (unpaired) electrons. The van der Waals surface area contributed by atoms with Gasteiger partial charge in [0, 0.05) is 38.8 Å². The number of piperidine rings is 1. The van der Waals surface area contributed by atoms with E-state index in [1.54, 1.807) is 0 Å². The van der Waals surface area contributed by atoms with E-state index >= 15 is 0 Å². The third-order valence-corrected chi connectivity index (χ3v) is 5.37. The average Bonchev–Trinajstić information content (AvgIpc) is 2.67. The van der Waals surface area contributed by atoms with E-state index in [1.807, 2.05) is 14.1 Å². The molecule has 1 fully saturated rings. The molecule has 1 aliphatic rings. The van der Waals surface area contributed by atoms with Crippen LogP contribution in [0.1, 0.15) is 29.5 Å². The van der Waals surface area contributed by atoms with Crippen LogP contribution in [0.3, 0.4) is 0 Å². The van der Waals surface area contributed by atoms with Crippen LogP contribution in [0, 0.1) is 12.8 Å². The molecule has 0 aliphatic carbocycles. The molecule has 0 spiro atoms. The Morgan fingerprint density at radius 1 is 1.07 bits per heavy atom. The van der Waals surface area contributed by atoms with Crippen molar-refractivity contribution in [2.45, 2.75) is 32.9 Å². The normalized spacial score (nSPS) is 15.5. The van der Waals surface area contributed by atoms with Gasteiger partial charge in [-0.05, 0) is 56.1 Å². The Labute approximate surface area is 163 Å². The van der Waals surface area contributed by atoms with Crippen molar-refractivity contribution >= 4 is 11.6 Å². The van der Waals surface area contributed by atoms with E-state index in [0.717, 1.165) is 38.0 Å². The van der Waals surface area contributed by atoms with Crippen molar-refractivity contribution in [1.29, 1.82) is 0 Å². The maximum atomic E-state index is 12.5. The van der Waals surface area contributed by atoms with Crippen LogP contribution in [0.4, 0.5) is 5.69 Å². The molecule has 4 heteroatoms. The SMILES string of the molecule is Cc1cccc(CN2CCC(C(=O)NCc3ccc(N(C)C)cc3)CC2)c1. The minimum atomic E-state index is 0.139. The average molecular weight is 366 g/mol. The summed E-state index contributed by atoms with van der Waals surface area (Å²) >= 11 is 0. The van der Waals surface area contributed by atoms with Crippen LogP contribution >= 0.6 is 0 Å². The maximum absolute atomic E-state index is 12.5. The van der Waals surface area contributed by atoms with Crippen LogP contribution in [-0.2, 0) is 17.9 Å². The fourth-order valence-electron chi connectivity index (χ4n) is 3.67. The molecule has 1 N–H and O–H groups in total. The topological polar surface area (TPSA) is 35.6 Å². The Morgan fingerprint density at radius 2 is 1.78 bits per heavy atom. The van der Waals surface area contributed by atoms with Crippen molar-refractivity contribution in [3.05, 3.63) is 65.2 Å². The molecule has 1 amide bonds. The van der Waals surface area contributed by atoms with Crippen molar-refractivity contribution in [1.82, 2.24) is 10.2 Å². The molecule has 1 heterocycles. The first-order valence-electron chi connectivity index (χ1n) is 9.83. The molecule has 4 nitrogen and oxygen atoms in total. The number of anilines is 1. The molecule has 1 saturated heterocycles. The van der Waals surface area contributed by atoms with E-state index in [-0.39, 0.29) is 11.8 Å². The maximum Gasteiger partial charge on any atom is 0.223 e. The minimum absolute atomic E-state index is 0.139. The van der Waals surface area contributed by atoms with E-state index in [0.29, 0.717) is 6.54 Å². The summed E-state index contributed by atoms with van der Waals surface area (Å²) in [5.74, 6) is 0.335. The van der Waals surface area contributed by atoms with Gasteiger partial charge in [-0.15, -0.1) is 0 Å². The Hall–Kier alpha value is -2.33. The molecule has 0 bridgehead atoms. The predicted octanol–water partition coefficient (Wildman–Crippen LogP) is 3.59. The van der Waals surface area contributed by atoms with Crippen molar-refractivity contribution < 1.29 is 4.79 Å². The lowest BCUT2D eigenvalue weighted by atomic mass is 9.95. The quantitative estimate of drug-likeness (QED) is 0.850. The van der Waals surface area contributed by atoms with Crippen LogP contribution in [0.25, 0.3) is 0 Å². The number of aryl methyl sites for hydroxylation is 1. The smallest absolute Gasteiger partial charge is 0.223 e. The van der Waals surface area contributed by atoms with Crippen molar-refractivity contribution in [2.24, 2.45) is 5.92 Å². The summed E-state index contributed by atoms with van der Waals surface area (Å²) in [6, 6.07) is 17.0. The molecule has 1 aliphatic heterocycles. The molecule has 0 atom stereocenters. The first-order valence-corrected chi connectivity index (χ1v) is 9.83. The van der Waals surface area contributed by atoms with E-state index in [1.165, 1.54) is 16.8 Å². The summed E-state index contributed by atoms with van der Waals surface area (Å²) in [7, 11) is 4.06. The molecule has 27 heavy (non-hydrogen) atoms. The second-order valence-electron chi connectivity index (χ2n) is 7.82. The predicted molar refractivity (Wildman–Crippen MR) is 112 cm³/mol. The number of amides is 1. The Morgan fingerprint density at radius 3 is 2.41 bits per heavy atom. The van der Waals surface area contributed by atoms with E-state index in [4.69, 9.17) is 0 Å². The highest BCUT2D eigenvalue weighted by Gasteiger charge is 2.24. The summed E-state index contributed by atoms with van der Waals surface area (Å²) in [5, 5.41) is 3.12. The minimum Gasteiger partial charge on any atom is -0.378 e. The van der Waals surface area contributed by atoms with Crippen LogP contribution in [0.2, 0.25) is 0 Å². The van der Waals surface area contributed by atoms with Gasteiger partial charge in [-0.3, -0.25) is 9.69 Å². The van der Waals surface area contributed by atoms with Crippen LogP contribution in [0.5, 0.6) is 0 Å². The highest BCUT2D eigenvalue weighted by atomic mass is 16.1. The number of rotatable bonds is 6. The molecular formula is C23H31N3O. The van der Waals surface area contributed by atoms with Crippen molar-refractivity contribution in [2.75, 3.05) is 32.1 Å². The van der Waals surface area contributed by atoms with Gasteiger partial charge >= 0.3 is 0 Å². The number of carbonyl (C=O) groups is 1. The third kappa shape index (κ3) is 5.57. The van der Waals surface area contributed by atoms with Gasteiger partial charge in [-0.25, -0.2) is 0 Å². The van der Waals surface area contributed by atoms with Crippen LogP contribution in [-0.4, -0.2) is 38.0 Å². The zero-order valence-electron chi connectivity index (χ0n) is 16.7. The summed E-state index contributed by atoms with van der Waals surface area (Å²) in [4.78, 5) is 17.1. The number of nitrogens with zero attached hydrogens (tertiary/aromatic N) is 2. The Balaban J connectivity index is 1.43. The summed E-state index contributed by atoms with van der Waals surface area (Å²) in [5.41, 5.74) is 4.98. The summed E-state index contributed by atoms with van der Waals surface area (Å²) in [6.45, 7) is 5.70. The van der Waals surface area contributed by atoms with Gasteiger partial charge in [-0.2, -0.15) is 0 Å². The molecule has 144 valence electrons. The fraction of sp³-hybridized carbons (Fsp3) is 0.435. The largest absolute Gasteiger partial charge is 0.378 e. The number of likely N-dealkylation sites (tertiary alicyclic amines) is 1. The van der Waals surface area contributed by atoms with Gasteiger partial charge in [-0.1, -0.05) is 42.0 Å². The lowest BCUT2D eigenvalue weighted by Gasteiger charge is -2.31. The first kappa shape index (κ1) is 19.4. The van der Waals surface area contributed by atoms with E-state index in [9.17, 15) is 4.79 Å². The van der Waals surface area contributed by atoms with Crippen LogP contribution < -0.4 is 10.2 Å². The van der Waals surface area contributed by atoms with Crippen molar-refractivity contribution in [3.8, 4) is 0 Å². The Bertz CT molecular complexity index is 746. The number of hydrogen-bond acceptors (Lipinski definition) is 3. The van der Waals surface area contributed by atoms with Crippen LogP contribution in [0.15, 0.2) is 48.5 Å². The summed E-state index contributed by atoms with van der Waals surface area (Å²) in [6.07, 6.45) is 1.88. The molecule has 0 unspecified atom stereocenters. The van der Waals surface area contributed by atoms with Gasteiger partial charge in [0.2, 0.25) is 5.91 Å². The molecular weight excluding hydrogens is 334 g/mol. The molecule has 3 rings (SSSR count). The highest BCUT2D eigenvalue weighted by Crippen LogP contribution is 2.20. The first-order chi connectivity index (χ1) is 13.0. The Kier molecular flexibility index (Phi) is 6.51. The second kappa shape index (κ2) is 9.05. The third-order valence-electron chi connectivity index (χ3n) is 5.37. The van der Waals surface area contributed by atoms with Crippen molar-refractivity contribution in [3.63, 3.8) is 0 Å².